The van der Waals surface area contributed by atoms with E-state index in [9.17, 15) is 5.11 Å². The molecule has 0 radical (unpaired) electrons. The van der Waals surface area contributed by atoms with Gasteiger partial charge in [-0.1, -0.05) is 71.1 Å². The largest absolute Gasteiger partial charge is 0.396 e. The van der Waals surface area contributed by atoms with Crippen molar-refractivity contribution in [2.45, 2.75) is 96.5 Å². The lowest BCUT2D eigenvalue weighted by Gasteiger charge is -2.18. The first kappa shape index (κ1) is 18.0. The molecule has 120 valence electrons. The van der Waals surface area contributed by atoms with E-state index >= 15 is 0 Å². The van der Waals surface area contributed by atoms with Crippen LogP contribution in [-0.2, 0) is 4.74 Å². The van der Waals surface area contributed by atoms with Gasteiger partial charge in [0.15, 0.2) is 0 Å². The van der Waals surface area contributed by atoms with Gasteiger partial charge >= 0.3 is 0 Å². The van der Waals surface area contributed by atoms with Crippen LogP contribution >= 0.6 is 0 Å². The van der Waals surface area contributed by atoms with E-state index in [-0.39, 0.29) is 0 Å². The van der Waals surface area contributed by atoms with Crippen molar-refractivity contribution >= 4 is 0 Å². The molecule has 0 heterocycles. The maximum atomic E-state index is 9.23. The van der Waals surface area contributed by atoms with Crippen molar-refractivity contribution in [3.05, 3.63) is 0 Å². The van der Waals surface area contributed by atoms with Gasteiger partial charge in [0.1, 0.15) is 0 Å². The first-order valence-corrected chi connectivity index (χ1v) is 9.11. The van der Waals surface area contributed by atoms with E-state index in [1.165, 1.54) is 70.6 Å². The number of ether oxygens (including phenoxy) is 1. The Bertz CT molecular complexity index is 206. The lowest BCUT2D eigenvalue weighted by Crippen LogP contribution is -2.21. The Balaban J connectivity index is 1.78. The molecule has 1 saturated carbocycles. The highest BCUT2D eigenvalue weighted by Gasteiger charge is 2.26. The van der Waals surface area contributed by atoms with Crippen LogP contribution in [0.25, 0.3) is 0 Å². The third-order valence-electron chi connectivity index (χ3n) is 4.65. The fraction of sp³-hybridized carbons (Fsp3) is 1.00. The first-order chi connectivity index (χ1) is 9.88. The second kappa shape index (κ2) is 12.6. The van der Waals surface area contributed by atoms with Crippen molar-refractivity contribution in [1.82, 2.24) is 0 Å². The molecule has 2 nitrogen and oxygen atoms in total. The van der Waals surface area contributed by atoms with Crippen molar-refractivity contribution in [2.75, 3.05) is 13.2 Å². The Morgan fingerprint density at radius 2 is 1.45 bits per heavy atom. The predicted molar refractivity (Wildman–Crippen MR) is 86.0 cm³/mol. The van der Waals surface area contributed by atoms with Crippen molar-refractivity contribution in [2.24, 2.45) is 5.92 Å². The van der Waals surface area contributed by atoms with E-state index in [0.29, 0.717) is 18.6 Å². The summed E-state index contributed by atoms with van der Waals surface area (Å²) in [6.07, 6.45) is 17.6. The molecule has 1 aliphatic carbocycles. The smallest absolute Gasteiger partial charge is 0.0625 e. The molecular weight excluding hydrogens is 248 g/mol. The Morgan fingerprint density at radius 1 is 0.850 bits per heavy atom. The van der Waals surface area contributed by atoms with Gasteiger partial charge in [-0.3, -0.25) is 0 Å². The zero-order valence-electron chi connectivity index (χ0n) is 13.6. The number of hydrogen-bond acceptors (Lipinski definition) is 2. The highest BCUT2D eigenvalue weighted by atomic mass is 16.5. The van der Waals surface area contributed by atoms with Crippen LogP contribution in [-0.4, -0.2) is 24.4 Å². The molecule has 0 saturated heterocycles. The average molecular weight is 284 g/mol. The van der Waals surface area contributed by atoms with E-state index < -0.39 is 0 Å². The first-order valence-electron chi connectivity index (χ1n) is 9.11. The van der Waals surface area contributed by atoms with Gasteiger partial charge in [0.2, 0.25) is 0 Å². The van der Waals surface area contributed by atoms with Crippen LogP contribution in [0.3, 0.4) is 0 Å². The van der Waals surface area contributed by atoms with Gasteiger partial charge in [0, 0.05) is 19.1 Å². The van der Waals surface area contributed by atoms with E-state index in [0.717, 1.165) is 19.4 Å². The van der Waals surface area contributed by atoms with Gasteiger partial charge in [-0.15, -0.1) is 0 Å². The number of aliphatic hydroxyl groups is 1. The molecule has 0 aliphatic heterocycles. The van der Waals surface area contributed by atoms with Crippen LogP contribution in [0.4, 0.5) is 0 Å². The predicted octanol–water partition coefficient (Wildman–Crippen LogP) is 5.08. The minimum atomic E-state index is 0.308. The van der Waals surface area contributed by atoms with Crippen LogP contribution in [0.2, 0.25) is 0 Å². The molecule has 0 spiro atoms. The SMILES string of the molecule is CCCCCCCCCCCCO[C@@H]1CCC[C@H]1CO. The van der Waals surface area contributed by atoms with E-state index in [4.69, 9.17) is 4.74 Å². The van der Waals surface area contributed by atoms with Gasteiger partial charge in [-0.2, -0.15) is 0 Å². The molecule has 0 unspecified atom stereocenters. The molecule has 1 fully saturated rings. The number of unbranched alkanes of at least 4 members (excludes halogenated alkanes) is 9. The van der Waals surface area contributed by atoms with Crippen LogP contribution in [0.5, 0.6) is 0 Å². The monoisotopic (exact) mass is 284 g/mol. The number of rotatable bonds is 13. The van der Waals surface area contributed by atoms with E-state index in [1.54, 1.807) is 0 Å². The molecule has 2 heteroatoms. The molecule has 0 aromatic rings. The topological polar surface area (TPSA) is 29.5 Å². The minimum Gasteiger partial charge on any atom is -0.396 e. The van der Waals surface area contributed by atoms with Gasteiger partial charge in [0.05, 0.1) is 6.10 Å². The second-order valence-corrected chi connectivity index (χ2v) is 6.46. The third-order valence-corrected chi connectivity index (χ3v) is 4.65. The third kappa shape index (κ3) is 8.26. The summed E-state index contributed by atoms with van der Waals surface area (Å²) >= 11 is 0. The molecule has 2 atom stereocenters. The van der Waals surface area contributed by atoms with Crippen LogP contribution in [0.1, 0.15) is 90.4 Å². The fourth-order valence-electron chi connectivity index (χ4n) is 3.26. The molecular formula is C18H36O2. The Hall–Kier alpha value is -0.0800. The van der Waals surface area contributed by atoms with Crippen molar-refractivity contribution in [3.8, 4) is 0 Å². The van der Waals surface area contributed by atoms with Crippen LogP contribution < -0.4 is 0 Å². The molecule has 0 amide bonds. The molecule has 1 N–H and O–H groups in total. The summed E-state index contributed by atoms with van der Waals surface area (Å²) in [6, 6.07) is 0. The lowest BCUT2D eigenvalue weighted by molar-refractivity contribution is 0.00875. The molecule has 1 rings (SSSR count). The second-order valence-electron chi connectivity index (χ2n) is 6.46. The molecule has 0 bridgehead atoms. The lowest BCUT2D eigenvalue weighted by atomic mass is 10.1. The highest BCUT2D eigenvalue weighted by molar-refractivity contribution is 4.77. The summed E-state index contributed by atoms with van der Waals surface area (Å²) < 4.78 is 5.92. The Labute approximate surface area is 126 Å². The maximum absolute atomic E-state index is 9.23. The minimum absolute atomic E-state index is 0.308. The van der Waals surface area contributed by atoms with Crippen LogP contribution in [0, 0.1) is 5.92 Å². The van der Waals surface area contributed by atoms with E-state index in [2.05, 4.69) is 6.92 Å². The fourth-order valence-corrected chi connectivity index (χ4v) is 3.26. The summed E-state index contributed by atoms with van der Waals surface area (Å²) in [5.41, 5.74) is 0. The number of aliphatic hydroxyl groups excluding tert-OH is 1. The van der Waals surface area contributed by atoms with Gasteiger partial charge in [-0.05, 0) is 19.3 Å². The summed E-state index contributed by atoms with van der Waals surface area (Å²) in [5.74, 6) is 0.415. The maximum Gasteiger partial charge on any atom is 0.0625 e. The van der Waals surface area contributed by atoms with Gasteiger partial charge < -0.3 is 9.84 Å². The molecule has 0 aromatic carbocycles. The standard InChI is InChI=1S/C18H36O2/c1-2-3-4-5-6-7-8-9-10-11-15-20-18-14-12-13-17(18)16-19/h17-19H,2-16H2,1H3/t17-,18+/m0/s1. The Morgan fingerprint density at radius 3 is 2.05 bits per heavy atom. The molecule has 1 aliphatic rings. The highest BCUT2D eigenvalue weighted by Crippen LogP contribution is 2.27. The Kier molecular flexibility index (Phi) is 11.4. The zero-order chi connectivity index (χ0) is 14.5. The normalized spacial score (nSPS) is 22.5. The summed E-state index contributed by atoms with van der Waals surface area (Å²) in [7, 11) is 0. The van der Waals surface area contributed by atoms with Gasteiger partial charge in [0.25, 0.3) is 0 Å². The summed E-state index contributed by atoms with van der Waals surface area (Å²) in [5, 5.41) is 9.23. The summed E-state index contributed by atoms with van der Waals surface area (Å²) in [4.78, 5) is 0. The van der Waals surface area contributed by atoms with Crippen molar-refractivity contribution in [3.63, 3.8) is 0 Å². The average Bonchev–Trinajstić information content (AvgIpc) is 2.92. The van der Waals surface area contributed by atoms with Crippen LogP contribution in [0.15, 0.2) is 0 Å². The van der Waals surface area contributed by atoms with Gasteiger partial charge in [-0.25, -0.2) is 0 Å². The molecule has 20 heavy (non-hydrogen) atoms. The summed E-state index contributed by atoms with van der Waals surface area (Å²) in [6.45, 7) is 3.48. The number of hydrogen-bond donors (Lipinski definition) is 1. The molecule has 0 aromatic heterocycles. The zero-order valence-corrected chi connectivity index (χ0v) is 13.6. The van der Waals surface area contributed by atoms with Crippen molar-refractivity contribution < 1.29 is 9.84 Å². The van der Waals surface area contributed by atoms with Crippen molar-refractivity contribution in [1.29, 1.82) is 0 Å². The van der Waals surface area contributed by atoms with E-state index in [1.807, 2.05) is 0 Å². The quantitative estimate of drug-likeness (QED) is 0.478.